The van der Waals surface area contributed by atoms with Gasteiger partial charge in [0.1, 0.15) is 17.9 Å². The van der Waals surface area contributed by atoms with Crippen LogP contribution in [0.1, 0.15) is 23.6 Å². The van der Waals surface area contributed by atoms with E-state index in [1.807, 2.05) is 31.2 Å². The van der Waals surface area contributed by atoms with Gasteiger partial charge < -0.3 is 4.74 Å². The van der Waals surface area contributed by atoms with Gasteiger partial charge >= 0.3 is 6.03 Å². The van der Waals surface area contributed by atoms with Gasteiger partial charge in [0.25, 0.3) is 11.8 Å². The van der Waals surface area contributed by atoms with Gasteiger partial charge in [0, 0.05) is 15.1 Å². The number of ether oxygens (including phenoxy) is 1. The van der Waals surface area contributed by atoms with Crippen LogP contribution < -0.4 is 15.0 Å². The number of nitrogens with zero attached hydrogens (tertiary/aromatic N) is 1. The lowest BCUT2D eigenvalue weighted by Crippen LogP contribution is -2.54. The number of amides is 4. The van der Waals surface area contributed by atoms with Crippen molar-refractivity contribution in [2.45, 2.75) is 20.0 Å². The minimum absolute atomic E-state index is 0.170. The zero-order chi connectivity index (χ0) is 24.2. The van der Waals surface area contributed by atoms with Crippen LogP contribution in [0.15, 0.2) is 76.8 Å². The number of imide groups is 2. The average Bonchev–Trinajstić information content (AvgIpc) is 2.81. The third-order valence-electron chi connectivity index (χ3n) is 5.27. The Labute approximate surface area is 210 Å². The van der Waals surface area contributed by atoms with Gasteiger partial charge in [-0.15, -0.1) is 0 Å². The second-order valence-corrected chi connectivity index (χ2v) is 8.89. The summed E-state index contributed by atoms with van der Waals surface area (Å²) >= 11 is 9.47. The Morgan fingerprint density at radius 2 is 1.82 bits per heavy atom. The summed E-state index contributed by atoms with van der Waals surface area (Å²) in [6.07, 6.45) is 2.05. The van der Waals surface area contributed by atoms with Crippen molar-refractivity contribution >= 4 is 57.1 Å². The lowest BCUT2D eigenvalue weighted by molar-refractivity contribution is -0.122. The molecule has 0 aliphatic carbocycles. The molecule has 0 spiro atoms. The number of aryl methyl sites for hydroxylation is 1. The maximum Gasteiger partial charge on any atom is 0.335 e. The van der Waals surface area contributed by atoms with Gasteiger partial charge in [-0.3, -0.25) is 14.9 Å². The molecule has 1 aliphatic rings. The van der Waals surface area contributed by atoms with Gasteiger partial charge in [0.05, 0.1) is 5.69 Å². The zero-order valence-electron chi connectivity index (χ0n) is 18.2. The molecule has 0 atom stereocenters. The normalized spacial score (nSPS) is 15.0. The van der Waals surface area contributed by atoms with Crippen molar-refractivity contribution in [2.24, 2.45) is 0 Å². The molecule has 1 heterocycles. The molecule has 0 bridgehead atoms. The number of benzene rings is 3. The van der Waals surface area contributed by atoms with E-state index in [1.165, 1.54) is 6.08 Å². The molecule has 8 heteroatoms. The molecule has 3 aromatic carbocycles. The van der Waals surface area contributed by atoms with Gasteiger partial charge in [-0.2, -0.15) is 0 Å². The molecule has 4 rings (SSSR count). The lowest BCUT2D eigenvalue weighted by atomic mass is 10.0. The van der Waals surface area contributed by atoms with Crippen molar-refractivity contribution in [1.82, 2.24) is 5.32 Å². The first kappa shape index (κ1) is 23.7. The van der Waals surface area contributed by atoms with Gasteiger partial charge in [-0.05, 0) is 60.0 Å². The summed E-state index contributed by atoms with van der Waals surface area (Å²) < 4.78 is 6.71. The van der Waals surface area contributed by atoms with E-state index in [0.29, 0.717) is 28.4 Å². The Hall–Kier alpha value is -3.42. The highest BCUT2D eigenvalue weighted by molar-refractivity contribution is 9.10. The third-order valence-corrected chi connectivity index (χ3v) is 6.00. The Balaban J connectivity index is 1.69. The number of hydrogen-bond donors (Lipinski definition) is 1. The Morgan fingerprint density at radius 3 is 2.59 bits per heavy atom. The molecule has 0 saturated carbocycles. The maximum absolute atomic E-state index is 13.3. The molecular weight excluding hydrogens is 520 g/mol. The van der Waals surface area contributed by atoms with Crippen LogP contribution in [-0.4, -0.2) is 17.8 Å². The van der Waals surface area contributed by atoms with E-state index < -0.39 is 17.8 Å². The van der Waals surface area contributed by atoms with Crippen LogP contribution in [0.5, 0.6) is 5.75 Å². The van der Waals surface area contributed by atoms with Gasteiger partial charge in [-0.1, -0.05) is 64.8 Å². The van der Waals surface area contributed by atoms with E-state index in [2.05, 4.69) is 21.2 Å². The minimum Gasteiger partial charge on any atom is -0.488 e. The fourth-order valence-electron chi connectivity index (χ4n) is 3.61. The van der Waals surface area contributed by atoms with E-state index in [4.69, 9.17) is 16.3 Å². The first-order valence-corrected chi connectivity index (χ1v) is 11.7. The summed E-state index contributed by atoms with van der Waals surface area (Å²) in [7, 11) is 0. The number of anilines is 1. The molecule has 3 aromatic rings. The second-order valence-electron chi connectivity index (χ2n) is 7.54. The van der Waals surface area contributed by atoms with Crippen molar-refractivity contribution < 1.29 is 19.1 Å². The minimum atomic E-state index is -0.778. The van der Waals surface area contributed by atoms with Crippen LogP contribution in [0.25, 0.3) is 6.08 Å². The van der Waals surface area contributed by atoms with E-state index in [9.17, 15) is 14.4 Å². The van der Waals surface area contributed by atoms with Crippen molar-refractivity contribution in [3.8, 4) is 5.75 Å². The van der Waals surface area contributed by atoms with E-state index in [-0.39, 0.29) is 12.2 Å². The zero-order valence-corrected chi connectivity index (χ0v) is 20.5. The predicted molar refractivity (Wildman–Crippen MR) is 135 cm³/mol. The van der Waals surface area contributed by atoms with Gasteiger partial charge in [0.2, 0.25) is 0 Å². The molecular formula is C26H20BrClN2O4. The molecule has 6 nitrogen and oxygen atoms in total. The molecule has 1 N–H and O–H groups in total. The molecule has 34 heavy (non-hydrogen) atoms. The van der Waals surface area contributed by atoms with Crippen molar-refractivity contribution in [3.05, 3.63) is 98.5 Å². The summed E-state index contributed by atoms with van der Waals surface area (Å²) in [4.78, 5) is 39.6. The van der Waals surface area contributed by atoms with Crippen LogP contribution in [0, 0.1) is 0 Å². The number of para-hydroxylation sites is 1. The van der Waals surface area contributed by atoms with Crippen molar-refractivity contribution in [2.75, 3.05) is 4.90 Å². The smallest absolute Gasteiger partial charge is 0.335 e. The molecule has 0 unspecified atom stereocenters. The molecule has 4 amide bonds. The summed E-state index contributed by atoms with van der Waals surface area (Å²) in [6.45, 7) is 2.17. The van der Waals surface area contributed by atoms with Crippen LogP contribution in [0.4, 0.5) is 10.5 Å². The van der Waals surface area contributed by atoms with Crippen LogP contribution in [-0.2, 0) is 22.6 Å². The van der Waals surface area contributed by atoms with E-state index in [1.54, 1.807) is 42.5 Å². The number of halogens is 2. The number of hydrogen-bond acceptors (Lipinski definition) is 4. The number of carbonyl (C=O) groups excluding carboxylic acids is 3. The molecule has 0 aromatic heterocycles. The van der Waals surface area contributed by atoms with Crippen molar-refractivity contribution in [1.29, 1.82) is 0 Å². The van der Waals surface area contributed by atoms with Crippen LogP contribution in [0.2, 0.25) is 5.02 Å². The topological polar surface area (TPSA) is 75.7 Å². The Morgan fingerprint density at radius 1 is 1.03 bits per heavy atom. The number of barbiturate groups is 1. The monoisotopic (exact) mass is 538 g/mol. The van der Waals surface area contributed by atoms with E-state index >= 15 is 0 Å². The predicted octanol–water partition coefficient (Wildman–Crippen LogP) is 5.91. The quantitative estimate of drug-likeness (QED) is 0.312. The summed E-state index contributed by atoms with van der Waals surface area (Å²) in [5, 5.41) is 2.87. The SMILES string of the molecule is CCc1ccccc1N1C(=O)NC(=O)/C(=C/c2cc(Br)ccc2OCc2cccc(Cl)c2)C1=O. The molecule has 1 fully saturated rings. The number of carbonyl (C=O) groups is 3. The first-order chi connectivity index (χ1) is 16.4. The molecule has 172 valence electrons. The molecule has 0 radical (unpaired) electrons. The summed E-state index contributed by atoms with van der Waals surface area (Å²) in [5.41, 5.74) is 2.46. The molecule has 1 aliphatic heterocycles. The Bertz CT molecular complexity index is 1320. The second kappa shape index (κ2) is 10.2. The summed E-state index contributed by atoms with van der Waals surface area (Å²) in [5.74, 6) is -0.995. The van der Waals surface area contributed by atoms with Gasteiger partial charge in [0.15, 0.2) is 0 Å². The maximum atomic E-state index is 13.3. The number of rotatable bonds is 6. The lowest BCUT2D eigenvalue weighted by Gasteiger charge is -2.28. The highest BCUT2D eigenvalue weighted by atomic mass is 79.9. The van der Waals surface area contributed by atoms with Gasteiger partial charge in [-0.25, -0.2) is 9.69 Å². The Kier molecular flexibility index (Phi) is 7.14. The van der Waals surface area contributed by atoms with Crippen LogP contribution >= 0.6 is 27.5 Å². The fraction of sp³-hybridized carbons (Fsp3) is 0.115. The van der Waals surface area contributed by atoms with Crippen molar-refractivity contribution in [3.63, 3.8) is 0 Å². The third kappa shape index (κ3) is 5.05. The highest BCUT2D eigenvalue weighted by Gasteiger charge is 2.37. The highest BCUT2D eigenvalue weighted by Crippen LogP contribution is 2.30. The number of nitrogens with one attached hydrogen (secondary N) is 1. The van der Waals surface area contributed by atoms with E-state index in [0.717, 1.165) is 20.5 Å². The largest absolute Gasteiger partial charge is 0.488 e. The first-order valence-electron chi connectivity index (χ1n) is 10.5. The summed E-state index contributed by atoms with van der Waals surface area (Å²) in [6, 6.07) is 18.9. The molecule has 1 saturated heterocycles. The average molecular weight is 540 g/mol. The van der Waals surface area contributed by atoms with Crippen LogP contribution in [0.3, 0.4) is 0 Å². The number of urea groups is 1. The standard InChI is InChI=1S/C26H20BrClN2O4/c1-2-17-7-3-4-9-22(17)30-25(32)21(24(31)29-26(30)33)14-18-13-19(27)10-11-23(18)34-15-16-6-5-8-20(28)12-16/h3-14H,2,15H2,1H3,(H,29,31,33)/b21-14-. The fourth-order valence-corrected chi connectivity index (χ4v) is 4.20.